The molecule has 1 aliphatic rings. The molecule has 0 amide bonds. The van der Waals surface area contributed by atoms with Gasteiger partial charge in [-0.25, -0.2) is 8.78 Å². The highest BCUT2D eigenvalue weighted by molar-refractivity contribution is 5.92. The molecule has 3 heterocycles. The molecule has 8 heteroatoms. The Morgan fingerprint density at radius 1 is 1.10 bits per heavy atom. The fourth-order valence-corrected chi connectivity index (χ4v) is 4.01. The molecule has 2 N–H and O–H groups in total. The minimum Gasteiger partial charge on any atom is -0.368 e. The number of hydrogen-bond donors (Lipinski definition) is 2. The molecular formula is C22H26F2N6. The normalized spacial score (nSPS) is 15.6. The van der Waals surface area contributed by atoms with Gasteiger partial charge in [-0.15, -0.1) is 5.10 Å². The van der Waals surface area contributed by atoms with E-state index in [1.165, 1.54) is 6.07 Å². The van der Waals surface area contributed by atoms with E-state index in [1.807, 2.05) is 26.1 Å². The Bertz CT molecular complexity index is 1050. The number of pyridine rings is 1. The van der Waals surface area contributed by atoms with E-state index in [0.717, 1.165) is 54.0 Å². The van der Waals surface area contributed by atoms with Gasteiger partial charge >= 0.3 is 0 Å². The Balaban J connectivity index is 1.70. The van der Waals surface area contributed by atoms with E-state index in [-0.39, 0.29) is 11.6 Å². The second-order valence-electron chi connectivity index (χ2n) is 7.69. The number of nitrogens with one attached hydrogen (secondary N) is 2. The van der Waals surface area contributed by atoms with Gasteiger partial charge in [0.05, 0.1) is 29.1 Å². The van der Waals surface area contributed by atoms with Gasteiger partial charge in [0, 0.05) is 37.1 Å². The van der Waals surface area contributed by atoms with E-state index >= 15 is 0 Å². The molecule has 0 saturated carbocycles. The fraction of sp³-hybridized carbons (Fsp3) is 0.409. The molecule has 0 aliphatic carbocycles. The fourth-order valence-electron chi connectivity index (χ4n) is 4.01. The van der Waals surface area contributed by atoms with Crippen LogP contribution in [0.15, 0.2) is 30.5 Å². The maximum atomic E-state index is 13.3. The number of piperazine rings is 1. The zero-order valence-electron chi connectivity index (χ0n) is 17.4. The van der Waals surface area contributed by atoms with Gasteiger partial charge in [0.1, 0.15) is 0 Å². The van der Waals surface area contributed by atoms with Crippen molar-refractivity contribution in [1.29, 1.82) is 0 Å². The first-order chi connectivity index (χ1) is 14.5. The van der Waals surface area contributed by atoms with Crippen molar-refractivity contribution in [2.45, 2.75) is 33.2 Å². The third-order valence-corrected chi connectivity index (χ3v) is 5.73. The van der Waals surface area contributed by atoms with Crippen LogP contribution >= 0.6 is 0 Å². The van der Waals surface area contributed by atoms with Crippen LogP contribution in [-0.4, -0.2) is 41.4 Å². The van der Waals surface area contributed by atoms with Crippen molar-refractivity contribution in [3.05, 3.63) is 52.8 Å². The summed E-state index contributed by atoms with van der Waals surface area (Å²) < 4.78 is 26.6. The van der Waals surface area contributed by atoms with Gasteiger partial charge in [-0.05, 0) is 38.0 Å². The third kappa shape index (κ3) is 3.92. The van der Waals surface area contributed by atoms with Crippen molar-refractivity contribution in [2.24, 2.45) is 0 Å². The summed E-state index contributed by atoms with van der Waals surface area (Å²) in [6.45, 7) is 9.28. The van der Waals surface area contributed by atoms with Crippen molar-refractivity contribution in [3.8, 4) is 0 Å². The molecular weight excluding hydrogens is 386 g/mol. The van der Waals surface area contributed by atoms with Crippen LogP contribution in [0.25, 0.3) is 10.9 Å². The van der Waals surface area contributed by atoms with Gasteiger partial charge in [-0.3, -0.25) is 4.98 Å². The summed E-state index contributed by atoms with van der Waals surface area (Å²) >= 11 is 0. The predicted octanol–water partition coefficient (Wildman–Crippen LogP) is 4.16. The lowest BCUT2D eigenvalue weighted by Gasteiger charge is -2.29. The smallest absolute Gasteiger partial charge is 0.264 e. The topological polar surface area (TPSA) is 66.0 Å². The molecule has 3 aromatic rings. The predicted molar refractivity (Wildman–Crippen MR) is 115 cm³/mol. The quantitative estimate of drug-likeness (QED) is 0.656. The molecule has 30 heavy (non-hydrogen) atoms. The maximum absolute atomic E-state index is 13.3. The molecule has 4 rings (SSSR count). The third-order valence-electron chi connectivity index (χ3n) is 5.73. The first-order valence-corrected chi connectivity index (χ1v) is 10.2. The van der Waals surface area contributed by atoms with Crippen molar-refractivity contribution in [1.82, 2.24) is 20.5 Å². The number of benzene rings is 1. The summed E-state index contributed by atoms with van der Waals surface area (Å²) in [5.74, 6) is 0.606. The lowest BCUT2D eigenvalue weighted by molar-refractivity contribution is 0.150. The van der Waals surface area contributed by atoms with Gasteiger partial charge in [-0.2, -0.15) is 5.10 Å². The molecule has 1 fully saturated rings. The van der Waals surface area contributed by atoms with Gasteiger partial charge in [0.2, 0.25) is 0 Å². The first kappa shape index (κ1) is 20.4. The van der Waals surface area contributed by atoms with Crippen LogP contribution in [0.2, 0.25) is 0 Å². The maximum Gasteiger partial charge on any atom is 0.264 e. The van der Waals surface area contributed by atoms with E-state index in [9.17, 15) is 8.78 Å². The van der Waals surface area contributed by atoms with Crippen LogP contribution in [0, 0.1) is 13.8 Å². The van der Waals surface area contributed by atoms with E-state index < -0.39 is 6.43 Å². The Morgan fingerprint density at radius 2 is 1.83 bits per heavy atom. The molecule has 1 saturated heterocycles. The van der Waals surface area contributed by atoms with E-state index in [2.05, 4.69) is 36.8 Å². The molecule has 1 atom stereocenters. The Morgan fingerprint density at radius 3 is 2.57 bits per heavy atom. The average Bonchev–Trinajstić information content (AvgIpc) is 2.76. The standard InChI is InChI=1S/C22H26F2N6/c1-13-17(5-4-6-18(13)21(23)24)14(2)27-22-19-11-16(30-9-7-25-8-10-30)12-26-20(19)15(3)28-29-22/h4-6,11-12,14,21,25H,7-10H2,1-3H3,(H,27,29)/t14-/m1/s1. The van der Waals surface area contributed by atoms with Crippen LogP contribution < -0.4 is 15.5 Å². The summed E-state index contributed by atoms with van der Waals surface area (Å²) in [5, 5.41) is 16.2. The number of anilines is 2. The summed E-state index contributed by atoms with van der Waals surface area (Å²) in [5.41, 5.74) is 4.06. The summed E-state index contributed by atoms with van der Waals surface area (Å²) in [6.07, 6.45) is -0.617. The second-order valence-corrected chi connectivity index (χ2v) is 7.69. The summed E-state index contributed by atoms with van der Waals surface area (Å²) in [4.78, 5) is 6.94. The molecule has 1 aromatic carbocycles. The van der Waals surface area contributed by atoms with Gasteiger partial charge in [0.15, 0.2) is 5.82 Å². The molecule has 6 nitrogen and oxygen atoms in total. The molecule has 1 aliphatic heterocycles. The SMILES string of the molecule is Cc1c(C(F)F)cccc1[C@@H](C)Nc1nnc(C)c2ncc(N3CCNCC3)cc12. The summed E-state index contributed by atoms with van der Waals surface area (Å²) in [6, 6.07) is 6.89. The number of rotatable bonds is 5. The minimum atomic E-state index is -2.50. The highest BCUT2D eigenvalue weighted by atomic mass is 19.3. The Hall–Kier alpha value is -2.87. The number of nitrogens with zero attached hydrogens (tertiary/aromatic N) is 4. The molecule has 0 radical (unpaired) electrons. The Labute approximate surface area is 174 Å². The number of aryl methyl sites for hydroxylation is 1. The number of fused-ring (bicyclic) bond motifs is 1. The van der Waals surface area contributed by atoms with Gasteiger partial charge in [-0.1, -0.05) is 18.2 Å². The van der Waals surface area contributed by atoms with E-state index in [0.29, 0.717) is 11.4 Å². The van der Waals surface area contributed by atoms with Crippen molar-refractivity contribution >= 4 is 22.4 Å². The van der Waals surface area contributed by atoms with Crippen LogP contribution in [0.1, 0.15) is 41.8 Å². The van der Waals surface area contributed by atoms with Crippen molar-refractivity contribution in [2.75, 3.05) is 36.4 Å². The second kappa shape index (κ2) is 8.47. The van der Waals surface area contributed by atoms with Gasteiger partial charge < -0.3 is 15.5 Å². The number of alkyl halides is 2. The number of aromatic nitrogens is 3. The molecule has 2 aromatic heterocycles. The molecule has 0 unspecified atom stereocenters. The monoisotopic (exact) mass is 412 g/mol. The highest BCUT2D eigenvalue weighted by Crippen LogP contribution is 2.32. The molecule has 0 spiro atoms. The largest absolute Gasteiger partial charge is 0.368 e. The average molecular weight is 412 g/mol. The lowest BCUT2D eigenvalue weighted by Crippen LogP contribution is -2.43. The zero-order chi connectivity index (χ0) is 21.3. The van der Waals surface area contributed by atoms with Crippen molar-refractivity contribution in [3.63, 3.8) is 0 Å². The van der Waals surface area contributed by atoms with Crippen LogP contribution in [-0.2, 0) is 0 Å². The van der Waals surface area contributed by atoms with Crippen LogP contribution in [0.3, 0.4) is 0 Å². The summed E-state index contributed by atoms with van der Waals surface area (Å²) in [7, 11) is 0. The highest BCUT2D eigenvalue weighted by Gasteiger charge is 2.19. The molecule has 0 bridgehead atoms. The van der Waals surface area contributed by atoms with E-state index in [1.54, 1.807) is 13.0 Å². The minimum absolute atomic E-state index is 0.0589. The number of halogens is 2. The zero-order valence-corrected chi connectivity index (χ0v) is 17.4. The van der Waals surface area contributed by atoms with Crippen molar-refractivity contribution < 1.29 is 8.78 Å². The van der Waals surface area contributed by atoms with Crippen LogP contribution in [0.4, 0.5) is 20.3 Å². The van der Waals surface area contributed by atoms with Crippen LogP contribution in [0.5, 0.6) is 0 Å². The lowest BCUT2D eigenvalue weighted by atomic mass is 9.97. The van der Waals surface area contributed by atoms with E-state index in [4.69, 9.17) is 0 Å². The number of hydrogen-bond acceptors (Lipinski definition) is 6. The first-order valence-electron chi connectivity index (χ1n) is 10.2. The van der Waals surface area contributed by atoms with Gasteiger partial charge in [0.25, 0.3) is 6.43 Å². The Kier molecular flexibility index (Phi) is 5.76. The molecule has 158 valence electrons.